The van der Waals surface area contributed by atoms with Crippen molar-refractivity contribution in [3.8, 4) is 0 Å². The number of hydrogen-bond donors (Lipinski definition) is 0. The predicted molar refractivity (Wildman–Crippen MR) is 87.7 cm³/mol. The average Bonchev–Trinajstić information content (AvgIpc) is 3.03. The molecule has 1 saturated heterocycles. The van der Waals surface area contributed by atoms with Crippen molar-refractivity contribution in [1.82, 2.24) is 4.90 Å². The number of carboxylic acid groups (broad SMARTS) is 1. The lowest BCUT2D eigenvalue weighted by molar-refractivity contribution is -0.729. The topological polar surface area (TPSA) is 112 Å². The van der Waals surface area contributed by atoms with Gasteiger partial charge in [-0.05, 0) is 37.5 Å². The van der Waals surface area contributed by atoms with Crippen LogP contribution in [-0.2, 0) is 24.0 Å². The Morgan fingerprint density at radius 2 is 1.46 bits per heavy atom. The summed E-state index contributed by atoms with van der Waals surface area (Å²) < 4.78 is -0.0556. The molecule has 3 rings (SSSR count). The molecular weight excluding hydrogens is 340 g/mol. The highest BCUT2D eigenvalue weighted by Crippen LogP contribution is 2.29. The highest BCUT2D eigenvalue weighted by Gasteiger charge is 2.41. The molecule has 0 N–H and O–H groups in total. The zero-order valence-electron chi connectivity index (χ0n) is 15.1. The normalized spacial score (nSPS) is 27.5. The third-order valence-corrected chi connectivity index (χ3v) is 5.32. The van der Waals surface area contributed by atoms with Gasteiger partial charge in [0.25, 0.3) is 11.8 Å². The number of likely N-dealkylation sites (tertiary alicyclic amines) is 1. The predicted octanol–water partition coefficient (Wildman–Crippen LogP) is -0.622. The van der Waals surface area contributed by atoms with E-state index in [-0.39, 0.29) is 39.9 Å². The molecule has 1 saturated carbocycles. The van der Waals surface area contributed by atoms with Gasteiger partial charge in [0, 0.05) is 24.7 Å². The third kappa shape index (κ3) is 4.43. The standard InChI is InChI=1S/C12H15NO4.C6H10NO2/c14-10-5-6-11(15)13(10)7-8-1-3-9(4-2-8)12(16)17;1-7(2)5(8)3-4-6(7)9/h5-6,8-9H,1-4,7H2,(H,16,17);3-4H2,1-2H3/q;+1/p-1. The lowest BCUT2D eigenvalue weighted by Gasteiger charge is -2.30. The second-order valence-corrected chi connectivity index (χ2v) is 7.40. The highest BCUT2D eigenvalue weighted by molar-refractivity contribution is 6.12. The maximum absolute atomic E-state index is 11.3. The first-order valence-corrected chi connectivity index (χ1v) is 8.78. The number of rotatable bonds is 3. The molecule has 1 aliphatic carbocycles. The van der Waals surface area contributed by atoms with Gasteiger partial charge in [-0.15, -0.1) is 0 Å². The summed E-state index contributed by atoms with van der Waals surface area (Å²) in [6.07, 6.45) is 6.01. The number of carbonyl (C=O) groups is 5. The van der Waals surface area contributed by atoms with E-state index in [1.165, 1.54) is 17.1 Å². The molecule has 4 amide bonds. The Morgan fingerprint density at radius 3 is 1.81 bits per heavy atom. The summed E-state index contributed by atoms with van der Waals surface area (Å²) in [7, 11) is 3.27. The van der Waals surface area contributed by atoms with Crippen molar-refractivity contribution in [3.05, 3.63) is 12.2 Å². The number of imide groups is 2. The molecule has 0 bridgehead atoms. The Kier molecular flexibility index (Phi) is 6.07. The van der Waals surface area contributed by atoms with Crippen molar-refractivity contribution in [3.63, 3.8) is 0 Å². The number of hydrogen-bond acceptors (Lipinski definition) is 6. The van der Waals surface area contributed by atoms with Gasteiger partial charge in [0.05, 0.1) is 26.9 Å². The van der Waals surface area contributed by atoms with Crippen LogP contribution in [0.3, 0.4) is 0 Å². The maximum atomic E-state index is 11.3. The third-order valence-electron chi connectivity index (χ3n) is 5.32. The van der Waals surface area contributed by atoms with Gasteiger partial charge < -0.3 is 9.90 Å². The van der Waals surface area contributed by atoms with Crippen LogP contribution in [0.25, 0.3) is 0 Å². The molecule has 0 radical (unpaired) electrons. The number of aliphatic carboxylic acids is 1. The van der Waals surface area contributed by atoms with E-state index >= 15 is 0 Å². The largest absolute Gasteiger partial charge is 0.550 e. The molecule has 2 aliphatic heterocycles. The van der Waals surface area contributed by atoms with Crippen LogP contribution in [0.5, 0.6) is 0 Å². The van der Waals surface area contributed by atoms with Crippen molar-refractivity contribution >= 4 is 29.6 Å². The zero-order valence-corrected chi connectivity index (χ0v) is 15.1. The molecule has 0 unspecified atom stereocenters. The summed E-state index contributed by atoms with van der Waals surface area (Å²) in [5.41, 5.74) is 0. The fourth-order valence-corrected chi connectivity index (χ4v) is 3.36. The molecule has 2 fully saturated rings. The van der Waals surface area contributed by atoms with E-state index in [9.17, 15) is 29.1 Å². The van der Waals surface area contributed by atoms with Crippen LogP contribution < -0.4 is 5.11 Å². The fraction of sp³-hybridized carbons (Fsp3) is 0.611. The number of amides is 4. The summed E-state index contributed by atoms with van der Waals surface area (Å²) in [4.78, 5) is 56.3. The highest BCUT2D eigenvalue weighted by atomic mass is 16.4. The molecule has 0 spiro atoms. The van der Waals surface area contributed by atoms with E-state index in [0.29, 0.717) is 32.2 Å². The Bertz CT molecular complexity index is 623. The number of quaternary nitrogens is 1. The first kappa shape index (κ1) is 20.0. The van der Waals surface area contributed by atoms with Crippen LogP contribution in [0.2, 0.25) is 0 Å². The molecule has 0 atom stereocenters. The Morgan fingerprint density at radius 1 is 1.00 bits per heavy atom. The molecule has 142 valence electrons. The second kappa shape index (κ2) is 7.90. The minimum atomic E-state index is -0.988. The lowest BCUT2D eigenvalue weighted by atomic mass is 9.82. The van der Waals surface area contributed by atoms with Crippen molar-refractivity contribution < 1.29 is 33.6 Å². The van der Waals surface area contributed by atoms with E-state index in [4.69, 9.17) is 0 Å². The minimum Gasteiger partial charge on any atom is -0.550 e. The van der Waals surface area contributed by atoms with Gasteiger partial charge in [-0.1, -0.05) is 0 Å². The van der Waals surface area contributed by atoms with Crippen LogP contribution in [0.4, 0.5) is 0 Å². The van der Waals surface area contributed by atoms with Crippen LogP contribution >= 0.6 is 0 Å². The van der Waals surface area contributed by atoms with Gasteiger partial charge in [0.2, 0.25) is 0 Å². The van der Waals surface area contributed by atoms with Crippen LogP contribution in [0.1, 0.15) is 38.5 Å². The van der Waals surface area contributed by atoms with E-state index in [2.05, 4.69) is 0 Å². The zero-order chi connectivity index (χ0) is 19.5. The van der Waals surface area contributed by atoms with Gasteiger partial charge in [-0.2, -0.15) is 0 Å². The number of carboxylic acids is 1. The lowest BCUT2D eigenvalue weighted by Crippen LogP contribution is -2.44. The summed E-state index contributed by atoms with van der Waals surface area (Å²) in [5.74, 6) is -1.61. The first-order valence-electron chi connectivity index (χ1n) is 8.78. The number of nitrogens with zero attached hydrogens (tertiary/aromatic N) is 2. The Labute approximate surface area is 152 Å². The molecule has 0 aromatic heterocycles. The van der Waals surface area contributed by atoms with E-state index in [1.807, 2.05) is 0 Å². The van der Waals surface area contributed by atoms with Crippen LogP contribution in [-0.4, -0.2) is 59.6 Å². The molecule has 0 aromatic rings. The summed E-state index contributed by atoms with van der Waals surface area (Å²) >= 11 is 0. The molecule has 8 nitrogen and oxygen atoms in total. The van der Waals surface area contributed by atoms with Gasteiger partial charge in [-0.3, -0.25) is 14.5 Å². The molecule has 2 heterocycles. The number of carbonyl (C=O) groups excluding carboxylic acids is 5. The van der Waals surface area contributed by atoms with Crippen LogP contribution in [0.15, 0.2) is 12.2 Å². The molecular formula is C18H24N2O6. The van der Waals surface area contributed by atoms with Gasteiger partial charge in [0.15, 0.2) is 0 Å². The van der Waals surface area contributed by atoms with Gasteiger partial charge in [0.1, 0.15) is 0 Å². The van der Waals surface area contributed by atoms with Crippen molar-refractivity contribution in [2.24, 2.45) is 11.8 Å². The molecule has 0 aromatic carbocycles. The molecule has 8 heteroatoms. The Balaban J connectivity index is 0.000000228. The molecule has 26 heavy (non-hydrogen) atoms. The van der Waals surface area contributed by atoms with Gasteiger partial charge in [-0.25, -0.2) is 14.1 Å². The summed E-state index contributed by atoms with van der Waals surface area (Å²) in [5, 5.41) is 10.7. The summed E-state index contributed by atoms with van der Waals surface area (Å²) in [6, 6.07) is 0. The minimum absolute atomic E-state index is 0.0278. The van der Waals surface area contributed by atoms with Gasteiger partial charge >= 0.3 is 11.8 Å². The van der Waals surface area contributed by atoms with Crippen LogP contribution in [0, 0.1) is 11.8 Å². The smallest absolute Gasteiger partial charge is 0.321 e. The van der Waals surface area contributed by atoms with Crippen molar-refractivity contribution in [2.75, 3.05) is 20.6 Å². The quantitative estimate of drug-likeness (QED) is 0.487. The van der Waals surface area contributed by atoms with Crippen molar-refractivity contribution in [1.29, 1.82) is 0 Å². The van der Waals surface area contributed by atoms with E-state index < -0.39 is 5.97 Å². The second-order valence-electron chi connectivity index (χ2n) is 7.40. The maximum Gasteiger partial charge on any atom is 0.321 e. The molecule has 3 aliphatic rings. The average molecular weight is 364 g/mol. The Hall–Kier alpha value is -2.35. The fourth-order valence-electron chi connectivity index (χ4n) is 3.36. The van der Waals surface area contributed by atoms with E-state index in [0.717, 1.165) is 12.8 Å². The monoisotopic (exact) mass is 364 g/mol. The van der Waals surface area contributed by atoms with E-state index in [1.54, 1.807) is 14.1 Å². The SMILES string of the molecule is C[N+]1(C)C(=O)CCC1=O.O=C([O-])C1CCC(CN2C(=O)C=CC2=O)CC1. The first-order chi connectivity index (χ1) is 12.1. The summed E-state index contributed by atoms with van der Waals surface area (Å²) in [6.45, 7) is 0.407. The van der Waals surface area contributed by atoms with Crippen molar-refractivity contribution in [2.45, 2.75) is 38.5 Å².